The van der Waals surface area contributed by atoms with Gasteiger partial charge >= 0.3 is 0 Å². The summed E-state index contributed by atoms with van der Waals surface area (Å²) >= 11 is 0. The van der Waals surface area contributed by atoms with Gasteiger partial charge in [-0.3, -0.25) is 4.79 Å². The van der Waals surface area contributed by atoms with Gasteiger partial charge in [0.25, 0.3) is 5.91 Å². The molecule has 0 bridgehead atoms. The normalized spacial score (nSPS) is 18.6. The lowest BCUT2D eigenvalue weighted by atomic mass is 10.1. The molecule has 1 saturated heterocycles. The van der Waals surface area contributed by atoms with Crippen LogP contribution in [0.2, 0.25) is 0 Å². The molecule has 0 aromatic heterocycles. The van der Waals surface area contributed by atoms with Crippen LogP contribution >= 0.6 is 12.4 Å². The molecule has 1 aromatic carbocycles. The van der Waals surface area contributed by atoms with Crippen molar-refractivity contribution >= 4 is 18.3 Å². The fourth-order valence-corrected chi connectivity index (χ4v) is 2.07. The summed E-state index contributed by atoms with van der Waals surface area (Å²) < 4.78 is 26.8. The van der Waals surface area contributed by atoms with E-state index in [1.54, 1.807) is 0 Å². The molecule has 2 N–H and O–H groups in total. The zero-order valence-corrected chi connectivity index (χ0v) is 10.6. The van der Waals surface area contributed by atoms with E-state index in [0.29, 0.717) is 19.6 Å². The second-order valence-electron chi connectivity index (χ2n) is 4.24. The maximum atomic E-state index is 13.4. The van der Waals surface area contributed by atoms with Gasteiger partial charge in [-0.25, -0.2) is 8.78 Å². The van der Waals surface area contributed by atoms with Crippen molar-refractivity contribution in [3.63, 3.8) is 0 Å². The van der Waals surface area contributed by atoms with Crippen LogP contribution in [-0.4, -0.2) is 30.4 Å². The second kappa shape index (κ2) is 6.11. The van der Waals surface area contributed by atoms with Crippen molar-refractivity contribution in [1.29, 1.82) is 0 Å². The number of halogens is 3. The summed E-state index contributed by atoms with van der Waals surface area (Å²) in [4.78, 5) is 13.4. The lowest BCUT2D eigenvalue weighted by molar-refractivity contribution is 0.0778. The molecule has 1 atom stereocenters. The quantitative estimate of drug-likeness (QED) is 0.895. The number of benzene rings is 1. The Morgan fingerprint density at radius 1 is 1.39 bits per heavy atom. The van der Waals surface area contributed by atoms with Gasteiger partial charge in [-0.15, -0.1) is 12.4 Å². The molecule has 0 spiro atoms. The number of likely N-dealkylation sites (tertiary alicyclic amines) is 1. The summed E-state index contributed by atoms with van der Waals surface area (Å²) in [6, 6.07) is 3.42. The summed E-state index contributed by atoms with van der Waals surface area (Å²) in [6.07, 6.45) is 0.790. The molecule has 3 nitrogen and oxygen atoms in total. The number of hydrogen-bond donors (Lipinski definition) is 1. The van der Waals surface area contributed by atoms with Crippen LogP contribution in [-0.2, 0) is 0 Å². The smallest absolute Gasteiger partial charge is 0.259 e. The molecular weight excluding hydrogens is 262 g/mol. The minimum atomic E-state index is -0.814. The predicted molar refractivity (Wildman–Crippen MR) is 66.7 cm³/mol. The Morgan fingerprint density at radius 2 is 2.00 bits per heavy atom. The Morgan fingerprint density at radius 3 is 2.50 bits per heavy atom. The molecule has 1 fully saturated rings. The van der Waals surface area contributed by atoms with E-state index in [1.165, 1.54) is 11.0 Å². The lowest BCUT2D eigenvalue weighted by Crippen LogP contribution is -2.31. The number of carbonyl (C=O) groups is 1. The van der Waals surface area contributed by atoms with E-state index in [-0.39, 0.29) is 18.3 Å². The Bertz CT molecular complexity index is 422. The van der Waals surface area contributed by atoms with Crippen molar-refractivity contribution in [2.45, 2.75) is 6.42 Å². The molecule has 2 rings (SSSR count). The number of rotatable bonds is 2. The van der Waals surface area contributed by atoms with E-state index in [1.807, 2.05) is 0 Å². The van der Waals surface area contributed by atoms with E-state index in [0.717, 1.165) is 18.6 Å². The molecule has 1 amide bonds. The van der Waals surface area contributed by atoms with Gasteiger partial charge in [-0.1, -0.05) is 6.07 Å². The van der Waals surface area contributed by atoms with E-state index in [9.17, 15) is 13.6 Å². The minimum absolute atomic E-state index is 0. The molecule has 0 aliphatic carbocycles. The van der Waals surface area contributed by atoms with Gasteiger partial charge in [-0.05, 0) is 31.0 Å². The first kappa shape index (κ1) is 14.9. The third-order valence-electron chi connectivity index (χ3n) is 3.08. The van der Waals surface area contributed by atoms with Crippen molar-refractivity contribution < 1.29 is 13.6 Å². The molecule has 100 valence electrons. The molecule has 1 heterocycles. The van der Waals surface area contributed by atoms with Crippen LogP contribution in [0.5, 0.6) is 0 Å². The first-order valence-corrected chi connectivity index (χ1v) is 5.57. The molecule has 0 saturated carbocycles. The van der Waals surface area contributed by atoms with Gasteiger partial charge in [-0.2, -0.15) is 0 Å². The molecule has 18 heavy (non-hydrogen) atoms. The number of nitrogens with two attached hydrogens (primary N) is 1. The summed E-state index contributed by atoms with van der Waals surface area (Å²) in [7, 11) is 0. The minimum Gasteiger partial charge on any atom is -0.338 e. The number of hydrogen-bond acceptors (Lipinski definition) is 2. The highest BCUT2D eigenvalue weighted by Crippen LogP contribution is 2.20. The Balaban J connectivity index is 0.00000162. The first-order valence-electron chi connectivity index (χ1n) is 5.57. The van der Waals surface area contributed by atoms with Crippen LogP contribution in [0.15, 0.2) is 18.2 Å². The van der Waals surface area contributed by atoms with E-state index in [4.69, 9.17) is 5.73 Å². The molecule has 1 aliphatic heterocycles. The van der Waals surface area contributed by atoms with Crippen LogP contribution in [0.4, 0.5) is 8.78 Å². The van der Waals surface area contributed by atoms with Gasteiger partial charge in [0.1, 0.15) is 17.2 Å². The summed E-state index contributed by atoms with van der Waals surface area (Å²) in [5, 5.41) is 0. The highest BCUT2D eigenvalue weighted by molar-refractivity contribution is 5.94. The molecule has 1 aromatic rings. The monoisotopic (exact) mass is 276 g/mol. The highest BCUT2D eigenvalue weighted by atomic mass is 35.5. The van der Waals surface area contributed by atoms with Crippen LogP contribution in [0.25, 0.3) is 0 Å². The van der Waals surface area contributed by atoms with Gasteiger partial charge in [0.2, 0.25) is 0 Å². The van der Waals surface area contributed by atoms with Crippen molar-refractivity contribution in [2.75, 3.05) is 19.6 Å². The zero-order chi connectivity index (χ0) is 12.4. The van der Waals surface area contributed by atoms with Gasteiger partial charge < -0.3 is 10.6 Å². The standard InChI is InChI=1S/C12H14F2N2O.ClH/c13-9-2-1-3-10(14)11(9)12(17)16-5-4-8(6-15)7-16;/h1-3,8H,4-7,15H2;1H. The van der Waals surface area contributed by atoms with E-state index in [2.05, 4.69) is 0 Å². The van der Waals surface area contributed by atoms with Gasteiger partial charge in [0.05, 0.1) is 0 Å². The molecule has 1 aliphatic rings. The average Bonchev–Trinajstić information content (AvgIpc) is 2.77. The van der Waals surface area contributed by atoms with E-state index < -0.39 is 23.1 Å². The molecule has 1 unspecified atom stereocenters. The largest absolute Gasteiger partial charge is 0.338 e. The maximum Gasteiger partial charge on any atom is 0.259 e. The lowest BCUT2D eigenvalue weighted by Gasteiger charge is -2.17. The Hall–Kier alpha value is -1.20. The second-order valence-corrected chi connectivity index (χ2v) is 4.24. The van der Waals surface area contributed by atoms with Crippen molar-refractivity contribution in [3.05, 3.63) is 35.4 Å². The van der Waals surface area contributed by atoms with E-state index >= 15 is 0 Å². The van der Waals surface area contributed by atoms with Crippen molar-refractivity contribution in [2.24, 2.45) is 11.7 Å². The Labute approximate surface area is 110 Å². The third-order valence-corrected chi connectivity index (χ3v) is 3.08. The zero-order valence-electron chi connectivity index (χ0n) is 9.73. The number of nitrogens with zero attached hydrogens (tertiary/aromatic N) is 1. The molecule has 6 heteroatoms. The van der Waals surface area contributed by atoms with Crippen LogP contribution in [0, 0.1) is 17.6 Å². The van der Waals surface area contributed by atoms with Crippen molar-refractivity contribution in [3.8, 4) is 0 Å². The molecule has 0 radical (unpaired) electrons. The predicted octanol–water partition coefficient (Wildman–Crippen LogP) is 1.81. The van der Waals surface area contributed by atoms with Gasteiger partial charge in [0, 0.05) is 13.1 Å². The molecular formula is C12H15ClF2N2O. The topological polar surface area (TPSA) is 46.3 Å². The fraction of sp³-hybridized carbons (Fsp3) is 0.417. The summed E-state index contributed by atoms with van der Waals surface area (Å²) in [5.41, 5.74) is 5.04. The van der Waals surface area contributed by atoms with Gasteiger partial charge in [0.15, 0.2) is 0 Å². The maximum absolute atomic E-state index is 13.4. The van der Waals surface area contributed by atoms with Crippen LogP contribution < -0.4 is 5.73 Å². The summed E-state index contributed by atoms with van der Waals surface area (Å²) in [6.45, 7) is 1.47. The number of carbonyl (C=O) groups excluding carboxylic acids is 1. The summed E-state index contributed by atoms with van der Waals surface area (Å²) in [5.74, 6) is -1.98. The van der Waals surface area contributed by atoms with Crippen molar-refractivity contribution in [1.82, 2.24) is 4.90 Å². The first-order chi connectivity index (χ1) is 8.13. The highest BCUT2D eigenvalue weighted by Gasteiger charge is 2.29. The average molecular weight is 277 g/mol. The third kappa shape index (κ3) is 2.79. The fourth-order valence-electron chi connectivity index (χ4n) is 2.07. The number of amides is 1. The SMILES string of the molecule is Cl.NCC1CCN(C(=O)c2c(F)cccc2F)C1. The van der Waals surface area contributed by atoms with Crippen LogP contribution in [0.1, 0.15) is 16.8 Å². The van der Waals surface area contributed by atoms with Crippen LogP contribution in [0.3, 0.4) is 0 Å². The Kier molecular flexibility index (Phi) is 5.04.